The fourth-order valence-corrected chi connectivity index (χ4v) is 2.52. The standard InChI is InChI=1S/C17H25NO5/c1-17(2,3)23-16(20)18-8-4-6-13(10-18)11-21-12-14(19)15-7-5-9-22-15/h5,7,9,13H,4,6,8,10-12H2,1-3H3. The lowest BCUT2D eigenvalue weighted by molar-refractivity contribution is 0.00773. The van der Waals surface area contributed by atoms with Crippen LogP contribution >= 0.6 is 0 Å². The lowest BCUT2D eigenvalue weighted by atomic mass is 9.99. The Labute approximate surface area is 136 Å². The van der Waals surface area contributed by atoms with E-state index < -0.39 is 5.60 Å². The Balaban J connectivity index is 1.73. The van der Waals surface area contributed by atoms with Crippen molar-refractivity contribution < 1.29 is 23.5 Å². The average molecular weight is 323 g/mol. The van der Waals surface area contributed by atoms with Crippen LogP contribution in [0.25, 0.3) is 0 Å². The maximum absolute atomic E-state index is 12.1. The number of carbonyl (C=O) groups is 2. The summed E-state index contributed by atoms with van der Waals surface area (Å²) in [5, 5.41) is 0. The van der Waals surface area contributed by atoms with E-state index in [4.69, 9.17) is 13.9 Å². The topological polar surface area (TPSA) is 69.0 Å². The third-order valence-electron chi connectivity index (χ3n) is 3.55. The molecule has 23 heavy (non-hydrogen) atoms. The van der Waals surface area contributed by atoms with Crippen LogP contribution in [0.1, 0.15) is 44.2 Å². The minimum atomic E-state index is -0.490. The number of rotatable bonds is 5. The first-order chi connectivity index (χ1) is 10.8. The molecular weight excluding hydrogens is 298 g/mol. The van der Waals surface area contributed by atoms with Crippen LogP contribution in [-0.4, -0.2) is 48.7 Å². The Hall–Kier alpha value is -1.82. The first kappa shape index (κ1) is 17.5. The van der Waals surface area contributed by atoms with Gasteiger partial charge in [0.25, 0.3) is 0 Å². The molecule has 1 unspecified atom stereocenters. The van der Waals surface area contributed by atoms with Gasteiger partial charge in [-0.3, -0.25) is 4.79 Å². The molecule has 1 amide bonds. The lowest BCUT2D eigenvalue weighted by Crippen LogP contribution is -2.43. The number of hydrogen-bond donors (Lipinski definition) is 0. The summed E-state index contributed by atoms with van der Waals surface area (Å²) in [7, 11) is 0. The summed E-state index contributed by atoms with van der Waals surface area (Å²) in [4.78, 5) is 25.6. The molecule has 0 aliphatic carbocycles. The number of likely N-dealkylation sites (tertiary alicyclic amines) is 1. The molecule has 0 bridgehead atoms. The Bertz CT molecular complexity index is 518. The number of hydrogen-bond acceptors (Lipinski definition) is 5. The van der Waals surface area contributed by atoms with Crippen molar-refractivity contribution in [1.82, 2.24) is 4.90 Å². The van der Waals surface area contributed by atoms with E-state index in [2.05, 4.69) is 0 Å². The molecule has 2 heterocycles. The molecule has 6 heteroatoms. The van der Waals surface area contributed by atoms with Crippen molar-refractivity contribution in [1.29, 1.82) is 0 Å². The number of Topliss-reactive ketones (excluding diaryl/α,β-unsaturated/α-hetero) is 1. The van der Waals surface area contributed by atoms with Crippen molar-refractivity contribution in [3.63, 3.8) is 0 Å². The van der Waals surface area contributed by atoms with Gasteiger partial charge in [-0.2, -0.15) is 0 Å². The maximum atomic E-state index is 12.1. The third kappa shape index (κ3) is 5.71. The van der Waals surface area contributed by atoms with Crippen LogP contribution in [0, 0.1) is 5.92 Å². The molecule has 0 spiro atoms. The van der Waals surface area contributed by atoms with E-state index >= 15 is 0 Å². The van der Waals surface area contributed by atoms with E-state index in [1.807, 2.05) is 20.8 Å². The number of carbonyl (C=O) groups excluding carboxylic acids is 2. The molecule has 0 saturated carbocycles. The highest BCUT2D eigenvalue weighted by atomic mass is 16.6. The number of ketones is 1. The molecule has 1 saturated heterocycles. The number of nitrogens with zero attached hydrogens (tertiary/aromatic N) is 1. The molecule has 0 radical (unpaired) electrons. The smallest absolute Gasteiger partial charge is 0.410 e. The Morgan fingerprint density at radius 2 is 2.17 bits per heavy atom. The van der Waals surface area contributed by atoms with Gasteiger partial charge >= 0.3 is 6.09 Å². The van der Waals surface area contributed by atoms with Crippen molar-refractivity contribution >= 4 is 11.9 Å². The molecule has 128 valence electrons. The van der Waals surface area contributed by atoms with Crippen LogP contribution in [0.3, 0.4) is 0 Å². The van der Waals surface area contributed by atoms with Crippen molar-refractivity contribution in [2.75, 3.05) is 26.3 Å². The normalized spacial score (nSPS) is 18.7. The number of amides is 1. The van der Waals surface area contributed by atoms with Gasteiger partial charge in [0.15, 0.2) is 5.76 Å². The van der Waals surface area contributed by atoms with Gasteiger partial charge in [0.1, 0.15) is 12.2 Å². The van der Waals surface area contributed by atoms with Gasteiger partial charge in [0.2, 0.25) is 5.78 Å². The average Bonchev–Trinajstić information content (AvgIpc) is 3.00. The lowest BCUT2D eigenvalue weighted by Gasteiger charge is -2.34. The number of ether oxygens (including phenoxy) is 2. The first-order valence-corrected chi connectivity index (χ1v) is 7.97. The second kappa shape index (κ2) is 7.64. The van der Waals surface area contributed by atoms with Crippen LogP contribution in [-0.2, 0) is 9.47 Å². The van der Waals surface area contributed by atoms with Gasteiger partial charge in [0, 0.05) is 19.0 Å². The number of piperidine rings is 1. The molecule has 1 aromatic heterocycles. The molecule has 2 rings (SSSR count). The molecular formula is C17H25NO5. The van der Waals surface area contributed by atoms with Gasteiger partial charge in [-0.15, -0.1) is 0 Å². The van der Waals surface area contributed by atoms with E-state index in [-0.39, 0.29) is 24.4 Å². The molecule has 1 fully saturated rings. The van der Waals surface area contributed by atoms with Crippen molar-refractivity contribution in [2.24, 2.45) is 5.92 Å². The summed E-state index contributed by atoms with van der Waals surface area (Å²) in [6, 6.07) is 3.30. The Kier molecular flexibility index (Phi) is 5.82. The zero-order valence-corrected chi connectivity index (χ0v) is 14.0. The Morgan fingerprint density at radius 3 is 2.83 bits per heavy atom. The van der Waals surface area contributed by atoms with Gasteiger partial charge in [-0.25, -0.2) is 4.79 Å². The minimum absolute atomic E-state index is 0.00352. The fraction of sp³-hybridized carbons (Fsp3) is 0.647. The second-order valence-corrected chi connectivity index (χ2v) is 6.85. The zero-order valence-electron chi connectivity index (χ0n) is 14.0. The highest BCUT2D eigenvalue weighted by Crippen LogP contribution is 2.19. The summed E-state index contributed by atoms with van der Waals surface area (Å²) in [6.45, 7) is 7.32. The summed E-state index contributed by atoms with van der Waals surface area (Å²) in [5.41, 5.74) is -0.490. The quantitative estimate of drug-likeness (QED) is 0.779. The minimum Gasteiger partial charge on any atom is -0.461 e. The highest BCUT2D eigenvalue weighted by Gasteiger charge is 2.27. The summed E-state index contributed by atoms with van der Waals surface area (Å²) in [6.07, 6.45) is 3.08. The van der Waals surface area contributed by atoms with E-state index in [9.17, 15) is 9.59 Å². The number of furan rings is 1. The van der Waals surface area contributed by atoms with Crippen molar-refractivity contribution in [3.05, 3.63) is 24.2 Å². The van der Waals surface area contributed by atoms with Crippen LogP contribution in [0.5, 0.6) is 0 Å². The van der Waals surface area contributed by atoms with E-state index in [0.717, 1.165) is 12.8 Å². The van der Waals surface area contributed by atoms with Gasteiger partial charge in [-0.1, -0.05) is 0 Å². The van der Waals surface area contributed by atoms with E-state index in [1.54, 1.807) is 17.0 Å². The summed E-state index contributed by atoms with van der Waals surface area (Å²) < 4.78 is 15.9. The van der Waals surface area contributed by atoms with Gasteiger partial charge in [-0.05, 0) is 45.7 Å². The van der Waals surface area contributed by atoms with E-state index in [0.29, 0.717) is 25.5 Å². The van der Waals surface area contributed by atoms with Crippen LogP contribution in [0.15, 0.2) is 22.8 Å². The Morgan fingerprint density at radius 1 is 1.39 bits per heavy atom. The largest absolute Gasteiger partial charge is 0.461 e. The summed E-state index contributed by atoms with van der Waals surface area (Å²) in [5.74, 6) is 0.361. The molecule has 1 aliphatic rings. The molecule has 0 N–H and O–H groups in total. The van der Waals surface area contributed by atoms with Gasteiger partial charge in [0.05, 0.1) is 12.9 Å². The highest BCUT2D eigenvalue weighted by molar-refractivity contribution is 5.94. The van der Waals surface area contributed by atoms with Crippen LogP contribution in [0.2, 0.25) is 0 Å². The zero-order chi connectivity index (χ0) is 16.9. The predicted molar refractivity (Wildman–Crippen MR) is 84.4 cm³/mol. The molecule has 1 atom stereocenters. The monoisotopic (exact) mass is 323 g/mol. The third-order valence-corrected chi connectivity index (χ3v) is 3.55. The summed E-state index contributed by atoms with van der Waals surface area (Å²) >= 11 is 0. The van der Waals surface area contributed by atoms with E-state index in [1.165, 1.54) is 6.26 Å². The van der Waals surface area contributed by atoms with Gasteiger partial charge < -0.3 is 18.8 Å². The first-order valence-electron chi connectivity index (χ1n) is 7.97. The predicted octanol–water partition coefficient (Wildman–Crippen LogP) is 3.13. The van der Waals surface area contributed by atoms with Crippen molar-refractivity contribution in [2.45, 2.75) is 39.2 Å². The molecule has 1 aromatic rings. The molecule has 0 aromatic carbocycles. The molecule has 6 nitrogen and oxygen atoms in total. The fourth-order valence-electron chi connectivity index (χ4n) is 2.52. The van der Waals surface area contributed by atoms with Crippen molar-refractivity contribution in [3.8, 4) is 0 Å². The van der Waals surface area contributed by atoms with Crippen LogP contribution in [0.4, 0.5) is 4.79 Å². The molecule has 1 aliphatic heterocycles. The maximum Gasteiger partial charge on any atom is 0.410 e. The SMILES string of the molecule is CC(C)(C)OC(=O)N1CCCC(COCC(=O)c2ccco2)C1. The second-order valence-electron chi connectivity index (χ2n) is 6.85. The van der Waals surface area contributed by atoms with Crippen LogP contribution < -0.4 is 0 Å².